The molecular weight excluding hydrogens is 294 g/mol. The van der Waals surface area contributed by atoms with Crippen LogP contribution in [-0.2, 0) is 9.47 Å². The van der Waals surface area contributed by atoms with Crippen LogP contribution in [0.15, 0.2) is 0 Å². The van der Waals surface area contributed by atoms with E-state index < -0.39 is 0 Å². The second-order valence-electron chi connectivity index (χ2n) is 7.54. The van der Waals surface area contributed by atoms with E-state index in [4.69, 9.17) is 9.47 Å². The molecule has 0 aliphatic carbocycles. The highest BCUT2D eigenvalue weighted by Crippen LogP contribution is 2.34. The summed E-state index contributed by atoms with van der Waals surface area (Å²) in [6, 6.07) is 0.564. The van der Waals surface area contributed by atoms with Gasteiger partial charge in [0.2, 0.25) is 0 Å². The minimum absolute atomic E-state index is 0.113. The normalized spacial score (nSPS) is 28.6. The van der Waals surface area contributed by atoms with E-state index in [2.05, 4.69) is 23.9 Å². The fourth-order valence-corrected chi connectivity index (χ4v) is 4.01. The zero-order valence-corrected chi connectivity index (χ0v) is 14.6. The highest BCUT2D eigenvalue weighted by atomic mass is 16.6. The lowest BCUT2D eigenvalue weighted by Crippen LogP contribution is -2.52. The van der Waals surface area contributed by atoms with E-state index >= 15 is 0 Å². The van der Waals surface area contributed by atoms with Gasteiger partial charge in [-0.3, -0.25) is 4.90 Å². The summed E-state index contributed by atoms with van der Waals surface area (Å²) in [6.07, 6.45) is 5.21. The summed E-state index contributed by atoms with van der Waals surface area (Å²) in [6.45, 7) is 6.40. The predicted molar refractivity (Wildman–Crippen MR) is 88.6 cm³/mol. The maximum Gasteiger partial charge on any atom is 0.410 e. The summed E-state index contributed by atoms with van der Waals surface area (Å²) in [4.78, 5) is 18.8. The molecule has 1 amide bonds. The molecular formula is C17H31N3O3. The van der Waals surface area contributed by atoms with E-state index in [0.717, 1.165) is 65.2 Å². The van der Waals surface area contributed by atoms with Gasteiger partial charge in [-0.15, -0.1) is 0 Å². The first-order chi connectivity index (χ1) is 11.1. The van der Waals surface area contributed by atoms with Gasteiger partial charge in [0.25, 0.3) is 0 Å². The smallest absolute Gasteiger partial charge is 0.410 e. The van der Waals surface area contributed by atoms with Crippen LogP contribution >= 0.6 is 0 Å². The largest absolute Gasteiger partial charge is 0.441 e. The van der Waals surface area contributed by atoms with Crippen LogP contribution in [0, 0.1) is 0 Å². The van der Waals surface area contributed by atoms with E-state index in [1.54, 1.807) is 0 Å². The molecule has 1 unspecified atom stereocenters. The second kappa shape index (κ2) is 7.36. The zero-order chi connectivity index (χ0) is 16.3. The Labute approximate surface area is 139 Å². The minimum Gasteiger partial charge on any atom is -0.441 e. The number of amides is 1. The lowest BCUT2D eigenvalue weighted by atomic mass is 9.90. The topological polar surface area (TPSA) is 45.2 Å². The molecule has 0 bridgehead atoms. The maximum absolute atomic E-state index is 12.2. The number of carbonyl (C=O) groups excluding carboxylic acids is 1. The molecule has 0 N–H and O–H groups in total. The fraction of sp³-hybridized carbons (Fsp3) is 0.941. The maximum atomic E-state index is 12.2. The van der Waals surface area contributed by atoms with Crippen LogP contribution in [0.2, 0.25) is 0 Å². The minimum atomic E-state index is -0.235. The van der Waals surface area contributed by atoms with Gasteiger partial charge in [0.1, 0.15) is 5.60 Å². The van der Waals surface area contributed by atoms with Gasteiger partial charge in [0, 0.05) is 45.1 Å². The van der Waals surface area contributed by atoms with Gasteiger partial charge >= 0.3 is 6.09 Å². The van der Waals surface area contributed by atoms with E-state index in [0.29, 0.717) is 6.04 Å². The number of likely N-dealkylation sites (tertiary alicyclic amines) is 1. The first-order valence-electron chi connectivity index (χ1n) is 9.02. The Morgan fingerprint density at radius 2 is 2.09 bits per heavy atom. The van der Waals surface area contributed by atoms with Gasteiger partial charge in [-0.25, -0.2) is 4.79 Å². The standard InChI is InChI=1S/C17H31N3O3/c1-18(2)8-4-9-20-14-17(23-16(20)21)6-10-19(11-7-17)15-5-3-12-22-13-15/h15H,3-14H2,1-2H3. The molecule has 3 rings (SSSR count). The Hall–Kier alpha value is -0.850. The fourth-order valence-electron chi connectivity index (χ4n) is 4.01. The Balaban J connectivity index is 1.47. The Bertz CT molecular complexity index is 402. The van der Waals surface area contributed by atoms with Gasteiger partial charge in [-0.05, 0) is 39.9 Å². The quantitative estimate of drug-likeness (QED) is 0.765. The molecule has 3 saturated heterocycles. The van der Waals surface area contributed by atoms with Crippen LogP contribution < -0.4 is 0 Å². The van der Waals surface area contributed by atoms with Crippen molar-refractivity contribution in [1.29, 1.82) is 0 Å². The number of hydrogen-bond acceptors (Lipinski definition) is 5. The lowest BCUT2D eigenvalue weighted by molar-refractivity contribution is -0.0389. The highest BCUT2D eigenvalue weighted by molar-refractivity contribution is 5.70. The molecule has 1 atom stereocenters. The summed E-state index contributed by atoms with van der Waals surface area (Å²) >= 11 is 0. The molecule has 3 aliphatic rings. The summed E-state index contributed by atoms with van der Waals surface area (Å²) in [5, 5.41) is 0. The molecule has 0 aromatic rings. The second-order valence-corrected chi connectivity index (χ2v) is 7.54. The van der Waals surface area contributed by atoms with Crippen LogP contribution in [0.5, 0.6) is 0 Å². The third-order valence-electron chi connectivity index (χ3n) is 5.44. The van der Waals surface area contributed by atoms with Gasteiger partial charge in [-0.1, -0.05) is 0 Å². The first kappa shape index (κ1) is 17.0. The van der Waals surface area contributed by atoms with Gasteiger partial charge in [0.15, 0.2) is 0 Å². The van der Waals surface area contributed by atoms with Gasteiger partial charge < -0.3 is 19.3 Å². The number of carbonyl (C=O) groups is 1. The van der Waals surface area contributed by atoms with Crippen molar-refractivity contribution in [3.63, 3.8) is 0 Å². The van der Waals surface area contributed by atoms with Crippen molar-refractivity contribution in [1.82, 2.24) is 14.7 Å². The first-order valence-corrected chi connectivity index (χ1v) is 9.02. The number of nitrogens with zero attached hydrogens (tertiary/aromatic N) is 3. The van der Waals surface area contributed by atoms with Crippen LogP contribution in [0.4, 0.5) is 4.79 Å². The van der Waals surface area contributed by atoms with Crippen molar-refractivity contribution >= 4 is 6.09 Å². The third-order valence-corrected chi connectivity index (χ3v) is 5.44. The molecule has 0 radical (unpaired) electrons. The third kappa shape index (κ3) is 4.17. The van der Waals surface area contributed by atoms with Crippen LogP contribution in [0.1, 0.15) is 32.1 Å². The van der Waals surface area contributed by atoms with Crippen LogP contribution in [0.25, 0.3) is 0 Å². The summed E-state index contributed by atoms with van der Waals surface area (Å²) in [5.74, 6) is 0. The molecule has 3 heterocycles. The SMILES string of the molecule is CN(C)CCCN1CC2(CCN(C3CCCOC3)CC2)OC1=O. The molecule has 3 aliphatic heterocycles. The lowest BCUT2D eigenvalue weighted by Gasteiger charge is -2.42. The predicted octanol–water partition coefficient (Wildman–Crippen LogP) is 1.40. The monoisotopic (exact) mass is 325 g/mol. The van der Waals surface area contributed by atoms with Crippen molar-refractivity contribution in [2.75, 3.05) is 60.0 Å². The molecule has 0 aromatic heterocycles. The van der Waals surface area contributed by atoms with Crippen molar-refractivity contribution in [3.05, 3.63) is 0 Å². The Kier molecular flexibility index (Phi) is 5.44. The highest BCUT2D eigenvalue weighted by Gasteiger charge is 2.47. The van der Waals surface area contributed by atoms with E-state index in [1.807, 2.05) is 4.90 Å². The number of rotatable bonds is 5. The summed E-state index contributed by atoms with van der Waals surface area (Å²) in [7, 11) is 4.13. The van der Waals surface area contributed by atoms with Crippen LogP contribution in [-0.4, -0.2) is 92.5 Å². The summed E-state index contributed by atoms with van der Waals surface area (Å²) in [5.41, 5.74) is -0.235. The van der Waals surface area contributed by atoms with E-state index in [1.165, 1.54) is 12.8 Å². The van der Waals surface area contributed by atoms with Crippen molar-refractivity contribution in [2.24, 2.45) is 0 Å². The molecule has 1 spiro atoms. The number of ether oxygens (including phenoxy) is 2. The van der Waals surface area contributed by atoms with E-state index in [9.17, 15) is 4.79 Å². The number of hydrogen-bond donors (Lipinski definition) is 0. The molecule has 6 nitrogen and oxygen atoms in total. The van der Waals surface area contributed by atoms with E-state index in [-0.39, 0.29) is 11.7 Å². The Morgan fingerprint density at radius 1 is 1.30 bits per heavy atom. The van der Waals surface area contributed by atoms with Crippen molar-refractivity contribution < 1.29 is 14.3 Å². The number of piperidine rings is 1. The summed E-state index contributed by atoms with van der Waals surface area (Å²) < 4.78 is 11.4. The molecule has 132 valence electrons. The molecule has 0 saturated carbocycles. The van der Waals surface area contributed by atoms with Gasteiger partial charge in [-0.2, -0.15) is 0 Å². The molecule has 23 heavy (non-hydrogen) atoms. The molecule has 0 aromatic carbocycles. The van der Waals surface area contributed by atoms with Crippen molar-refractivity contribution in [2.45, 2.75) is 43.7 Å². The average Bonchev–Trinajstić information content (AvgIpc) is 2.84. The van der Waals surface area contributed by atoms with Gasteiger partial charge in [0.05, 0.1) is 13.2 Å². The van der Waals surface area contributed by atoms with Crippen molar-refractivity contribution in [3.8, 4) is 0 Å². The Morgan fingerprint density at radius 3 is 2.74 bits per heavy atom. The molecule has 6 heteroatoms. The average molecular weight is 325 g/mol. The molecule has 3 fully saturated rings. The zero-order valence-electron chi connectivity index (χ0n) is 14.6. The van der Waals surface area contributed by atoms with Crippen LogP contribution in [0.3, 0.4) is 0 Å².